The molecular formula is C26H24F3N7O3. The Morgan fingerprint density at radius 1 is 1.28 bits per heavy atom. The molecule has 0 radical (unpaired) electrons. The average Bonchev–Trinajstić information content (AvgIpc) is 3.69. The number of nitrogens with zero attached hydrogens (tertiary/aromatic N) is 6. The lowest BCUT2D eigenvalue weighted by Crippen LogP contribution is -2.24. The van der Waals surface area contributed by atoms with Crippen LogP contribution in [0.4, 0.5) is 13.2 Å². The van der Waals surface area contributed by atoms with Crippen molar-refractivity contribution in [1.29, 1.82) is 5.26 Å². The van der Waals surface area contributed by atoms with E-state index in [1.54, 1.807) is 32.3 Å². The molecule has 1 fully saturated rings. The van der Waals surface area contributed by atoms with E-state index in [1.165, 1.54) is 28.5 Å². The van der Waals surface area contributed by atoms with Crippen molar-refractivity contribution in [3.8, 4) is 34.3 Å². The van der Waals surface area contributed by atoms with E-state index in [2.05, 4.69) is 26.6 Å². The molecule has 1 aromatic carbocycles. The topological polar surface area (TPSA) is 119 Å². The predicted octanol–water partition coefficient (Wildman–Crippen LogP) is 4.12. The van der Waals surface area contributed by atoms with Gasteiger partial charge in [-0.15, -0.1) is 5.10 Å². The third kappa shape index (κ3) is 4.79. The van der Waals surface area contributed by atoms with Gasteiger partial charge in [-0.25, -0.2) is 22.7 Å². The van der Waals surface area contributed by atoms with Crippen LogP contribution in [0.1, 0.15) is 42.6 Å². The minimum Gasteiger partial charge on any atom is -0.470 e. The van der Waals surface area contributed by atoms with E-state index in [0.29, 0.717) is 30.8 Å². The molecule has 202 valence electrons. The lowest BCUT2D eigenvalue weighted by atomic mass is 10.0. The van der Waals surface area contributed by atoms with Gasteiger partial charge in [0.05, 0.1) is 48.5 Å². The molecule has 0 spiro atoms. The summed E-state index contributed by atoms with van der Waals surface area (Å²) < 4.78 is 57.1. The van der Waals surface area contributed by atoms with Gasteiger partial charge in [0.2, 0.25) is 5.88 Å². The van der Waals surface area contributed by atoms with E-state index >= 15 is 4.39 Å². The van der Waals surface area contributed by atoms with Crippen LogP contribution in [0.3, 0.4) is 0 Å². The highest BCUT2D eigenvalue weighted by Gasteiger charge is 2.27. The Morgan fingerprint density at radius 3 is 2.74 bits per heavy atom. The normalized spacial score (nSPS) is 15.6. The fourth-order valence-electron chi connectivity index (χ4n) is 4.23. The van der Waals surface area contributed by atoms with Crippen molar-refractivity contribution in [2.45, 2.75) is 38.3 Å². The van der Waals surface area contributed by atoms with E-state index in [1.807, 2.05) is 0 Å². The number of imidazole rings is 1. The van der Waals surface area contributed by atoms with Crippen molar-refractivity contribution < 1.29 is 27.4 Å². The number of carbonyl (C=O) groups excluding carboxylic acids is 1. The molecule has 0 saturated carbocycles. The van der Waals surface area contributed by atoms with Crippen molar-refractivity contribution in [2.75, 3.05) is 20.3 Å². The number of nitrogens with one attached hydrogen (secondary N) is 1. The third-order valence-electron chi connectivity index (χ3n) is 6.47. The molecule has 1 saturated heterocycles. The molecule has 0 bridgehead atoms. The standard InChI is InChI=1S/C26H24F3N7O3/c1-26(2,13-30)35-11-15(9-33-35)17-8-21-32-10-20(36(21)34-25(17)39-16-4-5-38-12-16)18-6-14(24(37)31-3)7-19(22(18)27)23(28)29/h6-11,16,23H,4-5,12H2,1-3H3,(H,31,37)/t16-/m0/s1. The van der Waals surface area contributed by atoms with Crippen LogP contribution in [0.5, 0.6) is 5.88 Å². The summed E-state index contributed by atoms with van der Waals surface area (Å²) in [6.45, 7) is 4.29. The van der Waals surface area contributed by atoms with Crippen LogP contribution in [0.25, 0.3) is 28.0 Å². The second kappa shape index (κ2) is 10.0. The van der Waals surface area contributed by atoms with Crippen molar-refractivity contribution in [2.24, 2.45) is 0 Å². The zero-order chi connectivity index (χ0) is 27.9. The first-order chi connectivity index (χ1) is 18.6. The summed E-state index contributed by atoms with van der Waals surface area (Å²) in [7, 11) is 1.35. The van der Waals surface area contributed by atoms with Crippen LogP contribution < -0.4 is 10.1 Å². The van der Waals surface area contributed by atoms with Gasteiger partial charge in [0.15, 0.2) is 5.65 Å². The van der Waals surface area contributed by atoms with E-state index in [0.717, 1.165) is 6.07 Å². The molecule has 1 amide bonds. The summed E-state index contributed by atoms with van der Waals surface area (Å²) in [6.07, 6.45) is 1.71. The van der Waals surface area contributed by atoms with Gasteiger partial charge in [0.25, 0.3) is 12.3 Å². The van der Waals surface area contributed by atoms with Crippen molar-refractivity contribution in [1.82, 2.24) is 29.7 Å². The number of benzene rings is 1. The highest BCUT2D eigenvalue weighted by atomic mass is 19.3. The lowest BCUT2D eigenvalue weighted by molar-refractivity contribution is 0.0962. The van der Waals surface area contributed by atoms with Crippen LogP contribution >= 0.6 is 0 Å². The maximum Gasteiger partial charge on any atom is 0.266 e. The number of rotatable bonds is 7. The first kappa shape index (κ1) is 26.2. The fourth-order valence-corrected chi connectivity index (χ4v) is 4.23. The van der Waals surface area contributed by atoms with E-state index in [-0.39, 0.29) is 34.5 Å². The van der Waals surface area contributed by atoms with Gasteiger partial charge in [0, 0.05) is 36.4 Å². The van der Waals surface area contributed by atoms with Crippen molar-refractivity contribution in [3.05, 3.63) is 53.7 Å². The van der Waals surface area contributed by atoms with E-state index in [4.69, 9.17) is 9.47 Å². The second-order valence-electron chi connectivity index (χ2n) is 9.53. The maximum atomic E-state index is 15.3. The summed E-state index contributed by atoms with van der Waals surface area (Å²) >= 11 is 0. The van der Waals surface area contributed by atoms with Crippen LogP contribution in [0.2, 0.25) is 0 Å². The molecule has 3 aromatic heterocycles. The maximum absolute atomic E-state index is 15.3. The highest BCUT2D eigenvalue weighted by Crippen LogP contribution is 2.36. The predicted molar refractivity (Wildman–Crippen MR) is 133 cm³/mol. The lowest BCUT2D eigenvalue weighted by Gasteiger charge is -2.16. The number of hydrogen-bond donors (Lipinski definition) is 1. The van der Waals surface area contributed by atoms with Gasteiger partial charge in [0.1, 0.15) is 17.5 Å². The Balaban J connectivity index is 1.69. The zero-order valence-electron chi connectivity index (χ0n) is 21.3. The summed E-state index contributed by atoms with van der Waals surface area (Å²) in [4.78, 5) is 16.6. The van der Waals surface area contributed by atoms with Gasteiger partial charge in [-0.2, -0.15) is 10.4 Å². The van der Waals surface area contributed by atoms with Gasteiger partial charge in [-0.05, 0) is 32.0 Å². The summed E-state index contributed by atoms with van der Waals surface area (Å²) in [5.74, 6) is -1.68. The minimum atomic E-state index is -3.15. The number of nitriles is 1. The van der Waals surface area contributed by atoms with Gasteiger partial charge >= 0.3 is 0 Å². The molecule has 4 aromatic rings. The first-order valence-corrected chi connectivity index (χ1v) is 12.1. The largest absolute Gasteiger partial charge is 0.470 e. The summed E-state index contributed by atoms with van der Waals surface area (Å²) in [5, 5.41) is 20.7. The third-order valence-corrected chi connectivity index (χ3v) is 6.47. The number of fused-ring (bicyclic) bond motifs is 1. The van der Waals surface area contributed by atoms with Crippen LogP contribution in [-0.2, 0) is 10.3 Å². The molecule has 13 heteroatoms. The Kier molecular flexibility index (Phi) is 6.73. The second-order valence-corrected chi connectivity index (χ2v) is 9.53. The van der Waals surface area contributed by atoms with Crippen molar-refractivity contribution in [3.63, 3.8) is 0 Å². The molecule has 39 heavy (non-hydrogen) atoms. The van der Waals surface area contributed by atoms with Crippen molar-refractivity contribution >= 4 is 11.6 Å². The van der Waals surface area contributed by atoms with Crippen LogP contribution in [0, 0.1) is 17.1 Å². The van der Waals surface area contributed by atoms with E-state index in [9.17, 15) is 18.8 Å². The molecule has 1 N–H and O–H groups in total. The monoisotopic (exact) mass is 539 g/mol. The molecule has 0 unspecified atom stereocenters. The van der Waals surface area contributed by atoms with Gasteiger partial charge in [-0.1, -0.05) is 0 Å². The number of carbonyl (C=O) groups is 1. The smallest absolute Gasteiger partial charge is 0.266 e. The molecule has 1 aliphatic heterocycles. The first-order valence-electron chi connectivity index (χ1n) is 12.1. The Labute approximate surface area is 221 Å². The number of aromatic nitrogens is 5. The quantitative estimate of drug-likeness (QED) is 0.375. The Bertz CT molecular complexity index is 1600. The number of ether oxygens (including phenoxy) is 2. The fraction of sp³-hybridized carbons (Fsp3) is 0.346. The number of hydrogen-bond acceptors (Lipinski definition) is 7. The van der Waals surface area contributed by atoms with Crippen LogP contribution in [0.15, 0.2) is 36.8 Å². The Hall–Kier alpha value is -4.44. The molecule has 1 aliphatic rings. The van der Waals surface area contributed by atoms with E-state index < -0.39 is 29.3 Å². The number of amides is 1. The summed E-state index contributed by atoms with van der Waals surface area (Å²) in [6, 6.07) is 5.84. The SMILES string of the molecule is CNC(=O)c1cc(-c2cnc3cc(-c4cnn(C(C)(C)C#N)c4)c(O[C@H]4CCOC4)nn23)c(F)c(C(F)F)c1. The van der Waals surface area contributed by atoms with Crippen LogP contribution in [-0.4, -0.2) is 56.7 Å². The minimum absolute atomic E-state index is 0.0514. The van der Waals surface area contributed by atoms with Gasteiger partial charge in [-0.3, -0.25) is 9.48 Å². The summed E-state index contributed by atoms with van der Waals surface area (Å²) in [5.41, 5.74) is -0.794. The number of halogens is 3. The number of alkyl halides is 2. The Morgan fingerprint density at radius 2 is 2.08 bits per heavy atom. The molecule has 4 heterocycles. The molecule has 5 rings (SSSR count). The molecule has 10 nitrogen and oxygen atoms in total. The molecule has 0 aliphatic carbocycles. The average molecular weight is 540 g/mol. The zero-order valence-corrected chi connectivity index (χ0v) is 21.3. The molecule has 1 atom stereocenters. The molecular weight excluding hydrogens is 515 g/mol. The van der Waals surface area contributed by atoms with Gasteiger partial charge < -0.3 is 14.8 Å². The highest BCUT2D eigenvalue weighted by molar-refractivity contribution is 5.95.